The SMILES string of the molecule is CCn1cc(CNCc2cccc(OC)c2)cn1. The third-order valence-corrected chi connectivity index (χ3v) is 2.80. The summed E-state index contributed by atoms with van der Waals surface area (Å²) in [5, 5.41) is 7.64. The predicted molar refractivity (Wildman–Crippen MR) is 71.4 cm³/mol. The molecule has 0 amide bonds. The average Bonchev–Trinajstić information content (AvgIpc) is 2.87. The Balaban J connectivity index is 1.84. The topological polar surface area (TPSA) is 39.1 Å². The van der Waals surface area contributed by atoms with Crippen molar-refractivity contribution >= 4 is 0 Å². The van der Waals surface area contributed by atoms with E-state index in [1.807, 2.05) is 29.1 Å². The minimum Gasteiger partial charge on any atom is -0.497 e. The Hall–Kier alpha value is -1.81. The smallest absolute Gasteiger partial charge is 0.119 e. The first kappa shape index (κ1) is 12.6. The van der Waals surface area contributed by atoms with Crippen LogP contribution >= 0.6 is 0 Å². The largest absolute Gasteiger partial charge is 0.497 e. The summed E-state index contributed by atoms with van der Waals surface area (Å²) in [7, 11) is 1.69. The van der Waals surface area contributed by atoms with Crippen LogP contribution in [0.15, 0.2) is 36.7 Å². The second kappa shape index (κ2) is 6.21. The Morgan fingerprint density at radius 2 is 2.11 bits per heavy atom. The zero-order valence-corrected chi connectivity index (χ0v) is 10.9. The highest BCUT2D eigenvalue weighted by atomic mass is 16.5. The Morgan fingerprint density at radius 3 is 2.83 bits per heavy atom. The van der Waals surface area contributed by atoms with Gasteiger partial charge in [0.2, 0.25) is 0 Å². The van der Waals surface area contributed by atoms with E-state index >= 15 is 0 Å². The van der Waals surface area contributed by atoms with E-state index in [4.69, 9.17) is 4.74 Å². The molecule has 0 unspecified atom stereocenters. The van der Waals surface area contributed by atoms with Gasteiger partial charge in [0.1, 0.15) is 5.75 Å². The van der Waals surface area contributed by atoms with E-state index in [1.54, 1.807) is 7.11 Å². The fourth-order valence-corrected chi connectivity index (χ4v) is 1.80. The zero-order valence-electron chi connectivity index (χ0n) is 10.9. The van der Waals surface area contributed by atoms with Gasteiger partial charge in [-0.25, -0.2) is 0 Å². The van der Waals surface area contributed by atoms with E-state index in [-0.39, 0.29) is 0 Å². The van der Waals surface area contributed by atoms with E-state index in [0.29, 0.717) is 0 Å². The zero-order chi connectivity index (χ0) is 12.8. The minimum atomic E-state index is 0.828. The first-order valence-electron chi connectivity index (χ1n) is 6.17. The normalized spacial score (nSPS) is 10.6. The molecule has 2 aromatic rings. The van der Waals surface area contributed by atoms with Gasteiger partial charge in [0.25, 0.3) is 0 Å². The number of nitrogens with one attached hydrogen (secondary N) is 1. The molecule has 4 nitrogen and oxygen atoms in total. The van der Waals surface area contributed by atoms with Crippen molar-refractivity contribution in [3.8, 4) is 5.75 Å². The second-order valence-corrected chi connectivity index (χ2v) is 4.16. The molecule has 0 aliphatic rings. The van der Waals surface area contributed by atoms with Crippen LogP contribution in [0.3, 0.4) is 0 Å². The van der Waals surface area contributed by atoms with Gasteiger partial charge < -0.3 is 10.1 Å². The molecule has 1 N–H and O–H groups in total. The number of benzene rings is 1. The summed E-state index contributed by atoms with van der Waals surface area (Å²) in [4.78, 5) is 0. The van der Waals surface area contributed by atoms with Crippen LogP contribution in [0.2, 0.25) is 0 Å². The molecule has 0 aliphatic heterocycles. The predicted octanol–water partition coefficient (Wildman–Crippen LogP) is 2.20. The molecule has 96 valence electrons. The van der Waals surface area contributed by atoms with Crippen LogP contribution in [0.25, 0.3) is 0 Å². The maximum atomic E-state index is 5.20. The van der Waals surface area contributed by atoms with Crippen LogP contribution in [-0.4, -0.2) is 16.9 Å². The fourth-order valence-electron chi connectivity index (χ4n) is 1.80. The lowest BCUT2D eigenvalue weighted by Crippen LogP contribution is -2.12. The van der Waals surface area contributed by atoms with Crippen molar-refractivity contribution in [2.24, 2.45) is 0 Å². The molecule has 18 heavy (non-hydrogen) atoms. The lowest BCUT2D eigenvalue weighted by Gasteiger charge is -2.05. The minimum absolute atomic E-state index is 0.828. The molecule has 0 radical (unpaired) electrons. The molecule has 0 atom stereocenters. The van der Waals surface area contributed by atoms with Crippen LogP contribution in [0, 0.1) is 0 Å². The summed E-state index contributed by atoms with van der Waals surface area (Å²) < 4.78 is 7.13. The Kier molecular flexibility index (Phi) is 4.36. The number of nitrogens with zero attached hydrogens (tertiary/aromatic N) is 2. The molecule has 1 heterocycles. The van der Waals surface area contributed by atoms with Gasteiger partial charge >= 0.3 is 0 Å². The Labute approximate surface area is 108 Å². The number of hydrogen-bond donors (Lipinski definition) is 1. The first-order valence-corrected chi connectivity index (χ1v) is 6.17. The van der Waals surface area contributed by atoms with Crippen molar-refractivity contribution in [2.45, 2.75) is 26.6 Å². The number of aromatic nitrogens is 2. The molecule has 0 fully saturated rings. The third-order valence-electron chi connectivity index (χ3n) is 2.80. The Bertz CT molecular complexity index is 493. The standard InChI is InChI=1S/C14H19N3O/c1-3-17-11-13(10-16-17)9-15-8-12-5-4-6-14(7-12)18-2/h4-7,10-11,15H,3,8-9H2,1-2H3. The monoisotopic (exact) mass is 245 g/mol. The van der Waals surface area contributed by atoms with Gasteiger partial charge in [0.05, 0.1) is 13.3 Å². The summed E-state index contributed by atoms with van der Waals surface area (Å²) in [6.07, 6.45) is 3.97. The molecule has 2 rings (SSSR count). The van der Waals surface area contributed by atoms with Gasteiger partial charge in [-0.15, -0.1) is 0 Å². The van der Waals surface area contributed by atoms with Crippen LogP contribution in [0.4, 0.5) is 0 Å². The molecule has 0 bridgehead atoms. The molecule has 1 aromatic heterocycles. The van der Waals surface area contributed by atoms with Gasteiger partial charge in [0, 0.05) is 31.4 Å². The number of ether oxygens (including phenoxy) is 1. The number of aryl methyl sites for hydroxylation is 1. The van der Waals surface area contributed by atoms with Gasteiger partial charge in [0.15, 0.2) is 0 Å². The van der Waals surface area contributed by atoms with Gasteiger partial charge in [-0.2, -0.15) is 5.10 Å². The highest BCUT2D eigenvalue weighted by Crippen LogP contribution is 2.12. The van der Waals surface area contributed by atoms with Gasteiger partial charge in [-0.05, 0) is 24.6 Å². The highest BCUT2D eigenvalue weighted by Gasteiger charge is 1.98. The summed E-state index contributed by atoms with van der Waals surface area (Å²) in [5.74, 6) is 0.896. The molecular formula is C14H19N3O. The summed E-state index contributed by atoms with van der Waals surface area (Å²) in [6, 6.07) is 8.09. The maximum Gasteiger partial charge on any atom is 0.119 e. The first-order chi connectivity index (χ1) is 8.81. The van der Waals surface area contributed by atoms with Gasteiger partial charge in [-0.3, -0.25) is 4.68 Å². The fraction of sp³-hybridized carbons (Fsp3) is 0.357. The second-order valence-electron chi connectivity index (χ2n) is 4.16. The van der Waals surface area contributed by atoms with Crippen molar-refractivity contribution in [1.82, 2.24) is 15.1 Å². The molecule has 0 saturated carbocycles. The molecule has 1 aromatic carbocycles. The van der Waals surface area contributed by atoms with Crippen LogP contribution in [-0.2, 0) is 19.6 Å². The Morgan fingerprint density at radius 1 is 1.28 bits per heavy atom. The average molecular weight is 245 g/mol. The van der Waals surface area contributed by atoms with Crippen molar-refractivity contribution in [1.29, 1.82) is 0 Å². The van der Waals surface area contributed by atoms with Crippen molar-refractivity contribution in [3.63, 3.8) is 0 Å². The van der Waals surface area contributed by atoms with E-state index in [2.05, 4.69) is 29.6 Å². The van der Waals surface area contributed by atoms with Crippen LogP contribution in [0.5, 0.6) is 5.75 Å². The summed E-state index contributed by atoms with van der Waals surface area (Å²) >= 11 is 0. The lowest BCUT2D eigenvalue weighted by atomic mass is 10.2. The number of hydrogen-bond acceptors (Lipinski definition) is 3. The summed E-state index contributed by atoms with van der Waals surface area (Å²) in [6.45, 7) is 4.65. The number of methoxy groups -OCH3 is 1. The molecule has 0 saturated heterocycles. The lowest BCUT2D eigenvalue weighted by molar-refractivity contribution is 0.414. The van der Waals surface area contributed by atoms with Crippen molar-refractivity contribution in [3.05, 3.63) is 47.8 Å². The molecule has 0 aliphatic carbocycles. The van der Waals surface area contributed by atoms with Crippen molar-refractivity contribution < 1.29 is 4.74 Å². The van der Waals surface area contributed by atoms with E-state index in [1.165, 1.54) is 11.1 Å². The van der Waals surface area contributed by atoms with E-state index < -0.39 is 0 Å². The van der Waals surface area contributed by atoms with Crippen LogP contribution < -0.4 is 10.1 Å². The molecule has 4 heteroatoms. The van der Waals surface area contributed by atoms with Crippen LogP contribution in [0.1, 0.15) is 18.1 Å². The van der Waals surface area contributed by atoms with Crippen molar-refractivity contribution in [2.75, 3.05) is 7.11 Å². The molecule has 0 spiro atoms. The quantitative estimate of drug-likeness (QED) is 0.848. The highest BCUT2D eigenvalue weighted by molar-refractivity contribution is 5.28. The summed E-state index contributed by atoms with van der Waals surface area (Å²) in [5.41, 5.74) is 2.43. The molecular weight excluding hydrogens is 226 g/mol. The number of rotatable bonds is 6. The maximum absolute atomic E-state index is 5.20. The third kappa shape index (κ3) is 3.34. The van der Waals surface area contributed by atoms with E-state index in [0.717, 1.165) is 25.4 Å². The van der Waals surface area contributed by atoms with Gasteiger partial charge in [-0.1, -0.05) is 12.1 Å². The van der Waals surface area contributed by atoms with E-state index in [9.17, 15) is 0 Å².